The Kier molecular flexibility index (Phi) is 8.83. The zero-order valence-corrected chi connectivity index (χ0v) is 14.5. The standard InChI is InChI=1S/C15H36N4/c1-9-13-19(14-10-2)17(8)15(5,16(6)7)18(11-3)12-4/h9-14H2,1-8H3. The van der Waals surface area contributed by atoms with E-state index in [1.54, 1.807) is 0 Å². The van der Waals surface area contributed by atoms with Crippen LogP contribution in [0.2, 0.25) is 0 Å². The maximum absolute atomic E-state index is 2.51. The highest BCUT2D eigenvalue weighted by molar-refractivity contribution is 4.81. The summed E-state index contributed by atoms with van der Waals surface area (Å²) in [6.45, 7) is 15.7. The van der Waals surface area contributed by atoms with E-state index in [0.717, 1.165) is 26.2 Å². The van der Waals surface area contributed by atoms with E-state index < -0.39 is 0 Å². The Balaban J connectivity index is 5.22. The number of rotatable bonds is 10. The van der Waals surface area contributed by atoms with Crippen molar-refractivity contribution >= 4 is 0 Å². The molecule has 0 aromatic rings. The quantitative estimate of drug-likeness (QED) is 0.447. The summed E-state index contributed by atoms with van der Waals surface area (Å²) in [5, 5.41) is 4.91. The molecule has 0 fully saturated rings. The maximum atomic E-state index is 2.51. The molecule has 1 unspecified atom stereocenters. The zero-order chi connectivity index (χ0) is 15.1. The van der Waals surface area contributed by atoms with Crippen LogP contribution in [0.4, 0.5) is 0 Å². The number of hydrogen-bond acceptors (Lipinski definition) is 4. The van der Waals surface area contributed by atoms with Gasteiger partial charge in [-0.3, -0.25) is 9.80 Å². The first-order chi connectivity index (χ1) is 8.89. The largest absolute Gasteiger partial charge is 0.278 e. The molecule has 0 spiro atoms. The molecule has 0 heterocycles. The van der Waals surface area contributed by atoms with E-state index in [1.807, 2.05) is 0 Å². The monoisotopic (exact) mass is 272 g/mol. The summed E-state index contributed by atoms with van der Waals surface area (Å²) >= 11 is 0. The van der Waals surface area contributed by atoms with Crippen molar-refractivity contribution in [2.75, 3.05) is 47.3 Å². The normalized spacial score (nSPS) is 15.8. The number of hydrazine groups is 1. The topological polar surface area (TPSA) is 13.0 Å². The summed E-state index contributed by atoms with van der Waals surface area (Å²) in [6, 6.07) is 0. The van der Waals surface area contributed by atoms with E-state index in [2.05, 4.69) is 75.6 Å². The molecule has 0 amide bonds. The maximum Gasteiger partial charge on any atom is 0.140 e. The van der Waals surface area contributed by atoms with Crippen molar-refractivity contribution in [3.63, 3.8) is 0 Å². The minimum absolute atomic E-state index is 0.0756. The second-order valence-corrected chi connectivity index (χ2v) is 5.51. The van der Waals surface area contributed by atoms with Crippen LogP contribution in [0.5, 0.6) is 0 Å². The summed E-state index contributed by atoms with van der Waals surface area (Å²) in [5.41, 5.74) is 0. The van der Waals surface area contributed by atoms with Crippen molar-refractivity contribution in [1.82, 2.24) is 19.8 Å². The van der Waals surface area contributed by atoms with Gasteiger partial charge in [0.2, 0.25) is 0 Å². The highest BCUT2D eigenvalue weighted by Gasteiger charge is 2.39. The molecule has 19 heavy (non-hydrogen) atoms. The van der Waals surface area contributed by atoms with Crippen molar-refractivity contribution in [2.45, 2.75) is 53.2 Å². The summed E-state index contributed by atoms with van der Waals surface area (Å²) in [6.07, 6.45) is 2.37. The highest BCUT2D eigenvalue weighted by atomic mass is 15.7. The van der Waals surface area contributed by atoms with Crippen LogP contribution in [0.15, 0.2) is 0 Å². The fourth-order valence-corrected chi connectivity index (χ4v) is 2.80. The molecule has 4 heteroatoms. The SMILES string of the molecule is CCCN(CCC)N(C)C(C)(N(C)C)N(CC)CC. The third-order valence-electron chi connectivity index (χ3n) is 4.21. The minimum Gasteiger partial charge on any atom is -0.278 e. The lowest BCUT2D eigenvalue weighted by atomic mass is 10.2. The lowest BCUT2D eigenvalue weighted by molar-refractivity contribution is -0.214. The van der Waals surface area contributed by atoms with Crippen LogP contribution in [-0.2, 0) is 0 Å². The highest BCUT2D eigenvalue weighted by Crippen LogP contribution is 2.23. The number of nitrogens with zero attached hydrogens (tertiary/aromatic N) is 4. The molecule has 0 aliphatic heterocycles. The molecule has 0 saturated carbocycles. The molecule has 4 nitrogen and oxygen atoms in total. The molecule has 0 aliphatic carbocycles. The molecule has 116 valence electrons. The average molecular weight is 272 g/mol. The van der Waals surface area contributed by atoms with Gasteiger partial charge in [-0.2, -0.15) is 0 Å². The van der Waals surface area contributed by atoms with E-state index in [0.29, 0.717) is 0 Å². The minimum atomic E-state index is -0.0756. The Labute approximate surface area is 121 Å². The average Bonchev–Trinajstić information content (AvgIpc) is 2.38. The van der Waals surface area contributed by atoms with Crippen molar-refractivity contribution in [3.05, 3.63) is 0 Å². The molecule has 0 rings (SSSR count). The molecule has 0 N–H and O–H groups in total. The van der Waals surface area contributed by atoms with Crippen molar-refractivity contribution in [1.29, 1.82) is 0 Å². The predicted octanol–water partition coefficient (Wildman–Crippen LogP) is 2.53. The fourth-order valence-electron chi connectivity index (χ4n) is 2.80. The van der Waals surface area contributed by atoms with Gasteiger partial charge in [-0.1, -0.05) is 27.7 Å². The molecule has 0 aromatic carbocycles. The lowest BCUT2D eigenvalue weighted by Crippen LogP contribution is -2.69. The van der Waals surface area contributed by atoms with Gasteiger partial charge in [0.1, 0.15) is 5.79 Å². The van der Waals surface area contributed by atoms with Crippen LogP contribution in [-0.4, -0.2) is 72.9 Å². The summed E-state index contributed by atoms with van der Waals surface area (Å²) in [7, 11) is 6.57. The van der Waals surface area contributed by atoms with Gasteiger partial charge in [-0.05, 0) is 47.0 Å². The third kappa shape index (κ3) is 4.42. The van der Waals surface area contributed by atoms with Gasteiger partial charge in [-0.25, -0.2) is 10.0 Å². The van der Waals surface area contributed by atoms with Gasteiger partial charge in [0.25, 0.3) is 0 Å². The van der Waals surface area contributed by atoms with E-state index in [1.165, 1.54) is 12.8 Å². The molecule has 0 bridgehead atoms. The Bertz CT molecular complexity index is 222. The molecular formula is C15H36N4. The van der Waals surface area contributed by atoms with Crippen LogP contribution < -0.4 is 0 Å². The first-order valence-corrected chi connectivity index (χ1v) is 7.81. The van der Waals surface area contributed by atoms with Crippen LogP contribution >= 0.6 is 0 Å². The third-order valence-corrected chi connectivity index (χ3v) is 4.21. The first kappa shape index (κ1) is 18.8. The summed E-state index contributed by atoms with van der Waals surface area (Å²) in [5.74, 6) is -0.0756. The Morgan fingerprint density at radius 1 is 0.789 bits per heavy atom. The van der Waals surface area contributed by atoms with Gasteiger partial charge >= 0.3 is 0 Å². The second-order valence-electron chi connectivity index (χ2n) is 5.51. The van der Waals surface area contributed by atoms with Crippen molar-refractivity contribution < 1.29 is 0 Å². The Morgan fingerprint density at radius 3 is 1.47 bits per heavy atom. The van der Waals surface area contributed by atoms with E-state index >= 15 is 0 Å². The second kappa shape index (κ2) is 8.90. The van der Waals surface area contributed by atoms with Gasteiger partial charge in [0.05, 0.1) is 0 Å². The van der Waals surface area contributed by atoms with E-state index in [4.69, 9.17) is 0 Å². The van der Waals surface area contributed by atoms with Gasteiger partial charge < -0.3 is 0 Å². The lowest BCUT2D eigenvalue weighted by Gasteiger charge is -2.54. The predicted molar refractivity (Wildman–Crippen MR) is 84.9 cm³/mol. The Morgan fingerprint density at radius 2 is 1.21 bits per heavy atom. The van der Waals surface area contributed by atoms with Crippen LogP contribution in [0.3, 0.4) is 0 Å². The number of hydrogen-bond donors (Lipinski definition) is 0. The van der Waals surface area contributed by atoms with E-state index in [9.17, 15) is 0 Å². The van der Waals surface area contributed by atoms with E-state index in [-0.39, 0.29) is 5.79 Å². The Hall–Kier alpha value is -0.160. The van der Waals surface area contributed by atoms with Crippen molar-refractivity contribution in [2.24, 2.45) is 0 Å². The molecule has 1 atom stereocenters. The molecule has 0 radical (unpaired) electrons. The first-order valence-electron chi connectivity index (χ1n) is 7.81. The van der Waals surface area contributed by atoms with Crippen LogP contribution in [0, 0.1) is 0 Å². The summed E-state index contributed by atoms with van der Waals surface area (Å²) in [4.78, 5) is 4.82. The van der Waals surface area contributed by atoms with Gasteiger partial charge in [0, 0.05) is 20.1 Å². The molecule has 0 aromatic heterocycles. The smallest absolute Gasteiger partial charge is 0.140 e. The van der Waals surface area contributed by atoms with Crippen LogP contribution in [0.25, 0.3) is 0 Å². The van der Waals surface area contributed by atoms with Gasteiger partial charge in [-0.15, -0.1) is 0 Å². The summed E-state index contributed by atoms with van der Waals surface area (Å²) < 4.78 is 0. The van der Waals surface area contributed by atoms with Crippen LogP contribution in [0.1, 0.15) is 47.5 Å². The zero-order valence-electron chi connectivity index (χ0n) is 14.5. The molecule has 0 saturated heterocycles. The fraction of sp³-hybridized carbons (Fsp3) is 1.00. The molecule has 0 aliphatic rings. The van der Waals surface area contributed by atoms with Gasteiger partial charge in [0.15, 0.2) is 0 Å². The molecular weight excluding hydrogens is 236 g/mol. The van der Waals surface area contributed by atoms with Crippen molar-refractivity contribution in [3.8, 4) is 0 Å².